The van der Waals surface area contributed by atoms with Gasteiger partial charge in [-0.2, -0.15) is 0 Å². The van der Waals surface area contributed by atoms with Gasteiger partial charge in [0.1, 0.15) is 5.76 Å². The number of ether oxygens (including phenoxy) is 1. The zero-order valence-corrected chi connectivity index (χ0v) is 13.3. The Morgan fingerprint density at radius 2 is 2.09 bits per heavy atom. The van der Waals surface area contributed by atoms with Gasteiger partial charge in [-0.1, -0.05) is 25.0 Å². The van der Waals surface area contributed by atoms with Gasteiger partial charge < -0.3 is 19.8 Å². The first-order chi connectivity index (χ1) is 11.2. The average Bonchev–Trinajstić information content (AvgIpc) is 3.20. The number of urea groups is 1. The van der Waals surface area contributed by atoms with Gasteiger partial charge in [-0.3, -0.25) is 0 Å². The summed E-state index contributed by atoms with van der Waals surface area (Å²) in [5.41, 5.74) is 1.43. The topological polar surface area (TPSA) is 63.5 Å². The van der Waals surface area contributed by atoms with E-state index < -0.39 is 0 Å². The number of nitrogens with one attached hydrogen (secondary N) is 2. The molecule has 5 nitrogen and oxygen atoms in total. The third kappa shape index (κ3) is 3.74. The smallest absolute Gasteiger partial charge is 0.319 e. The molecule has 1 aromatic heterocycles. The first-order valence-corrected chi connectivity index (χ1v) is 7.93. The van der Waals surface area contributed by atoms with E-state index in [2.05, 4.69) is 10.6 Å². The van der Waals surface area contributed by atoms with Crippen molar-refractivity contribution < 1.29 is 13.9 Å². The molecule has 0 saturated heterocycles. The highest BCUT2D eigenvalue weighted by atomic mass is 16.5. The molecule has 1 heterocycles. The molecule has 1 fully saturated rings. The molecule has 1 saturated carbocycles. The molecule has 1 aliphatic carbocycles. The molecule has 1 aromatic carbocycles. The summed E-state index contributed by atoms with van der Waals surface area (Å²) in [5, 5.41) is 6.00. The van der Waals surface area contributed by atoms with E-state index in [-0.39, 0.29) is 11.6 Å². The maximum atomic E-state index is 12.3. The number of hydrogen-bond acceptors (Lipinski definition) is 3. The van der Waals surface area contributed by atoms with E-state index in [1.807, 2.05) is 36.4 Å². The molecule has 0 radical (unpaired) electrons. The van der Waals surface area contributed by atoms with Crippen molar-refractivity contribution in [3.8, 4) is 11.3 Å². The molecule has 0 atom stereocenters. The summed E-state index contributed by atoms with van der Waals surface area (Å²) in [5.74, 6) is 0.778. The molecule has 0 spiro atoms. The van der Waals surface area contributed by atoms with Crippen LogP contribution in [0.1, 0.15) is 25.7 Å². The highest BCUT2D eigenvalue weighted by Crippen LogP contribution is 2.30. The standard InChI is InChI=1S/C18H22N2O3/c1-22-13-18(9-2-3-10-18)20-17(21)19-15-7-4-6-14(12-15)16-8-5-11-23-16/h4-8,11-12H,2-3,9-10,13H2,1H3,(H2,19,20,21). The Bertz CT molecular complexity index is 646. The second kappa shape index (κ2) is 6.87. The molecule has 2 amide bonds. The van der Waals surface area contributed by atoms with Crippen molar-refractivity contribution in [2.45, 2.75) is 31.2 Å². The maximum Gasteiger partial charge on any atom is 0.319 e. The van der Waals surface area contributed by atoms with Crippen LogP contribution in [0.4, 0.5) is 10.5 Å². The van der Waals surface area contributed by atoms with E-state index >= 15 is 0 Å². The van der Waals surface area contributed by atoms with E-state index in [9.17, 15) is 4.79 Å². The molecular formula is C18H22N2O3. The minimum atomic E-state index is -0.239. The third-order valence-corrected chi connectivity index (χ3v) is 4.29. The van der Waals surface area contributed by atoms with Gasteiger partial charge in [0.25, 0.3) is 0 Å². The molecule has 2 aromatic rings. The van der Waals surface area contributed by atoms with Crippen molar-refractivity contribution in [3.63, 3.8) is 0 Å². The molecule has 0 aliphatic heterocycles. The quantitative estimate of drug-likeness (QED) is 0.876. The van der Waals surface area contributed by atoms with Crippen LogP contribution in [-0.2, 0) is 4.74 Å². The van der Waals surface area contributed by atoms with Crippen molar-refractivity contribution in [1.29, 1.82) is 0 Å². The summed E-state index contributed by atoms with van der Waals surface area (Å²) in [6.45, 7) is 0.548. The normalized spacial score (nSPS) is 16.2. The summed E-state index contributed by atoms with van der Waals surface area (Å²) < 4.78 is 10.7. The Kier molecular flexibility index (Phi) is 4.67. The van der Waals surface area contributed by atoms with Crippen LogP contribution in [-0.4, -0.2) is 25.3 Å². The van der Waals surface area contributed by atoms with Gasteiger partial charge in [-0.15, -0.1) is 0 Å². The van der Waals surface area contributed by atoms with Crippen LogP contribution in [0.25, 0.3) is 11.3 Å². The Morgan fingerprint density at radius 1 is 1.26 bits per heavy atom. The van der Waals surface area contributed by atoms with E-state index in [1.165, 1.54) is 0 Å². The zero-order valence-electron chi connectivity index (χ0n) is 13.3. The van der Waals surface area contributed by atoms with Gasteiger partial charge >= 0.3 is 6.03 Å². The van der Waals surface area contributed by atoms with Gasteiger partial charge in [0.15, 0.2) is 0 Å². The first-order valence-electron chi connectivity index (χ1n) is 7.93. The fourth-order valence-electron chi connectivity index (χ4n) is 3.23. The Labute approximate surface area is 136 Å². The van der Waals surface area contributed by atoms with Gasteiger partial charge in [-0.25, -0.2) is 4.79 Å². The predicted octanol–water partition coefficient (Wildman–Crippen LogP) is 4.03. The minimum absolute atomic E-state index is 0.194. The largest absolute Gasteiger partial charge is 0.464 e. The molecule has 5 heteroatoms. The highest BCUT2D eigenvalue weighted by Gasteiger charge is 2.35. The summed E-state index contributed by atoms with van der Waals surface area (Å²) >= 11 is 0. The lowest BCUT2D eigenvalue weighted by molar-refractivity contribution is 0.117. The lowest BCUT2D eigenvalue weighted by Crippen LogP contribution is -2.51. The van der Waals surface area contributed by atoms with Crippen molar-refractivity contribution >= 4 is 11.7 Å². The van der Waals surface area contributed by atoms with E-state index in [0.717, 1.165) is 42.7 Å². The van der Waals surface area contributed by atoms with Crippen LogP contribution in [0.15, 0.2) is 47.1 Å². The fraction of sp³-hybridized carbons (Fsp3) is 0.389. The first kappa shape index (κ1) is 15.6. The van der Waals surface area contributed by atoms with E-state index in [0.29, 0.717) is 6.61 Å². The lowest BCUT2D eigenvalue weighted by atomic mass is 9.99. The number of anilines is 1. The van der Waals surface area contributed by atoms with Crippen molar-refractivity contribution in [2.75, 3.05) is 19.0 Å². The van der Waals surface area contributed by atoms with Gasteiger partial charge in [-0.05, 0) is 37.1 Å². The second-order valence-electron chi connectivity index (χ2n) is 6.06. The van der Waals surface area contributed by atoms with Crippen molar-refractivity contribution in [2.24, 2.45) is 0 Å². The monoisotopic (exact) mass is 314 g/mol. The number of furan rings is 1. The molecule has 0 unspecified atom stereocenters. The molecular weight excluding hydrogens is 292 g/mol. The van der Waals surface area contributed by atoms with E-state index in [1.54, 1.807) is 13.4 Å². The van der Waals surface area contributed by atoms with Crippen molar-refractivity contribution in [3.05, 3.63) is 42.7 Å². The number of carbonyl (C=O) groups excluding carboxylic acids is 1. The number of amides is 2. The Morgan fingerprint density at radius 3 is 2.78 bits per heavy atom. The molecule has 0 bridgehead atoms. The highest BCUT2D eigenvalue weighted by molar-refractivity contribution is 5.90. The van der Waals surface area contributed by atoms with Gasteiger partial charge in [0.2, 0.25) is 0 Å². The van der Waals surface area contributed by atoms with Gasteiger partial charge in [0.05, 0.1) is 18.4 Å². The van der Waals surface area contributed by atoms with Crippen LogP contribution in [0.5, 0.6) is 0 Å². The van der Waals surface area contributed by atoms with Crippen LogP contribution >= 0.6 is 0 Å². The predicted molar refractivity (Wildman–Crippen MR) is 89.4 cm³/mol. The SMILES string of the molecule is COCC1(NC(=O)Nc2cccc(-c3ccco3)c2)CCCC1. The molecule has 2 N–H and O–H groups in total. The summed E-state index contributed by atoms with van der Waals surface area (Å²) in [7, 11) is 1.67. The van der Waals surface area contributed by atoms with Gasteiger partial charge in [0, 0.05) is 18.4 Å². The Balaban J connectivity index is 1.67. The Hall–Kier alpha value is -2.27. The molecule has 122 valence electrons. The summed E-state index contributed by atoms with van der Waals surface area (Å²) in [6.07, 6.45) is 5.80. The number of benzene rings is 1. The average molecular weight is 314 g/mol. The van der Waals surface area contributed by atoms with Crippen molar-refractivity contribution in [1.82, 2.24) is 5.32 Å². The molecule has 1 aliphatic rings. The summed E-state index contributed by atoms with van der Waals surface area (Å²) in [4.78, 5) is 12.3. The van der Waals surface area contributed by atoms with Crippen LogP contribution in [0.2, 0.25) is 0 Å². The molecule has 3 rings (SSSR count). The maximum absolute atomic E-state index is 12.3. The van der Waals surface area contributed by atoms with Crippen LogP contribution in [0.3, 0.4) is 0 Å². The second-order valence-corrected chi connectivity index (χ2v) is 6.06. The molecule has 23 heavy (non-hydrogen) atoms. The number of carbonyl (C=O) groups is 1. The van der Waals surface area contributed by atoms with Crippen LogP contribution in [0, 0.1) is 0 Å². The van der Waals surface area contributed by atoms with E-state index in [4.69, 9.17) is 9.15 Å². The summed E-state index contributed by atoms with van der Waals surface area (Å²) in [6, 6.07) is 11.2. The fourth-order valence-corrected chi connectivity index (χ4v) is 3.23. The number of methoxy groups -OCH3 is 1. The minimum Gasteiger partial charge on any atom is -0.464 e. The number of rotatable bonds is 5. The van der Waals surface area contributed by atoms with Crippen LogP contribution < -0.4 is 10.6 Å². The third-order valence-electron chi connectivity index (χ3n) is 4.29. The number of hydrogen-bond donors (Lipinski definition) is 2. The lowest BCUT2D eigenvalue weighted by Gasteiger charge is -2.29. The zero-order chi connectivity index (χ0) is 16.1.